The number of aromatic amines is 1. The van der Waals surface area contributed by atoms with E-state index in [1.54, 1.807) is 11.8 Å². The maximum atomic E-state index is 9.44. The fraction of sp³-hybridized carbons (Fsp3) is 0.280. The molecular weight excluding hydrogens is 436 g/mol. The Balaban J connectivity index is 1.33. The first-order chi connectivity index (χ1) is 15.7. The molecule has 2 aromatic heterocycles. The number of para-hydroxylation sites is 2. The van der Waals surface area contributed by atoms with Crippen LogP contribution in [-0.2, 0) is 12.3 Å². The smallest absolute Gasteiger partial charge is 0.166 e. The van der Waals surface area contributed by atoms with Gasteiger partial charge in [0.15, 0.2) is 5.16 Å². The molecule has 2 aromatic carbocycles. The second-order valence-corrected chi connectivity index (χ2v) is 9.66. The van der Waals surface area contributed by atoms with Gasteiger partial charge in [-0.1, -0.05) is 54.2 Å². The van der Waals surface area contributed by atoms with Crippen molar-refractivity contribution in [3.8, 4) is 0 Å². The van der Waals surface area contributed by atoms with E-state index in [-0.39, 0.29) is 6.61 Å². The summed E-state index contributed by atoms with van der Waals surface area (Å²) in [4.78, 5) is 16.2. The zero-order valence-corrected chi connectivity index (χ0v) is 19.8. The fourth-order valence-electron chi connectivity index (χ4n) is 3.53. The third-order valence-electron chi connectivity index (χ3n) is 5.30. The van der Waals surface area contributed by atoms with E-state index in [9.17, 15) is 5.11 Å². The number of pyridine rings is 1. The van der Waals surface area contributed by atoms with Crippen LogP contribution in [0.4, 0.5) is 0 Å². The number of thioether (sulfide) groups is 2. The summed E-state index contributed by atoms with van der Waals surface area (Å²) in [5.74, 6) is 1.75. The molecule has 4 aromatic rings. The Morgan fingerprint density at radius 3 is 2.59 bits per heavy atom. The number of rotatable bonds is 11. The van der Waals surface area contributed by atoms with E-state index in [0.717, 1.165) is 46.5 Å². The van der Waals surface area contributed by atoms with Gasteiger partial charge < -0.3 is 10.1 Å². The number of hydrogen-bond acceptors (Lipinski definition) is 6. The Labute approximate surface area is 197 Å². The highest BCUT2D eigenvalue weighted by Gasteiger charge is 2.11. The number of aliphatic hydroxyl groups excluding tert-OH is 1. The average Bonchev–Trinajstić information content (AvgIpc) is 3.23. The Kier molecular flexibility index (Phi) is 8.23. The summed E-state index contributed by atoms with van der Waals surface area (Å²) in [7, 11) is 0. The van der Waals surface area contributed by atoms with Crippen LogP contribution in [0.1, 0.15) is 16.8 Å². The van der Waals surface area contributed by atoms with Crippen molar-refractivity contribution in [1.29, 1.82) is 0 Å². The van der Waals surface area contributed by atoms with Crippen LogP contribution in [0.5, 0.6) is 0 Å². The second kappa shape index (κ2) is 11.5. The molecule has 0 spiro atoms. The minimum Gasteiger partial charge on any atom is -0.395 e. The summed E-state index contributed by atoms with van der Waals surface area (Å²) in [5.41, 5.74) is 5.66. The topological polar surface area (TPSA) is 65.0 Å². The van der Waals surface area contributed by atoms with E-state index in [1.807, 2.05) is 48.3 Å². The summed E-state index contributed by atoms with van der Waals surface area (Å²) in [5, 5.41) is 10.4. The van der Waals surface area contributed by atoms with Gasteiger partial charge in [-0.3, -0.25) is 9.88 Å². The highest BCUT2D eigenvalue weighted by Crippen LogP contribution is 2.28. The van der Waals surface area contributed by atoms with Gasteiger partial charge in [0, 0.05) is 42.2 Å². The SMILES string of the molecule is Cc1c(SCCN(CCO)Cc2ccccc2)ccnc1CSc1nc2ccccc2[nH]1. The van der Waals surface area contributed by atoms with Crippen molar-refractivity contribution < 1.29 is 5.11 Å². The Bertz CT molecular complexity index is 1100. The molecule has 0 bridgehead atoms. The van der Waals surface area contributed by atoms with Gasteiger partial charge in [-0.25, -0.2) is 4.98 Å². The maximum Gasteiger partial charge on any atom is 0.166 e. The van der Waals surface area contributed by atoms with Gasteiger partial charge in [-0.15, -0.1) is 11.8 Å². The Hall–Kier alpha value is -2.32. The largest absolute Gasteiger partial charge is 0.395 e. The predicted molar refractivity (Wildman–Crippen MR) is 134 cm³/mol. The van der Waals surface area contributed by atoms with Crippen LogP contribution in [0, 0.1) is 6.92 Å². The summed E-state index contributed by atoms with van der Waals surface area (Å²) in [6.45, 7) is 4.79. The molecule has 32 heavy (non-hydrogen) atoms. The van der Waals surface area contributed by atoms with Gasteiger partial charge in [0.1, 0.15) is 0 Å². The van der Waals surface area contributed by atoms with Crippen molar-refractivity contribution in [3.63, 3.8) is 0 Å². The number of fused-ring (bicyclic) bond motifs is 1. The summed E-state index contributed by atoms with van der Waals surface area (Å²) < 4.78 is 0. The van der Waals surface area contributed by atoms with E-state index >= 15 is 0 Å². The first kappa shape index (κ1) is 22.9. The standard InChI is InChI=1S/C25H28N4OS2/c1-19-23(18-32-25-27-21-9-5-6-10-22(21)28-25)26-12-11-24(19)31-16-14-29(13-15-30)17-20-7-3-2-4-8-20/h2-12,30H,13-18H2,1H3,(H,27,28). The van der Waals surface area contributed by atoms with Crippen molar-refractivity contribution in [2.45, 2.75) is 29.3 Å². The van der Waals surface area contributed by atoms with E-state index in [2.05, 4.69) is 57.1 Å². The van der Waals surface area contributed by atoms with Crippen LogP contribution in [0.3, 0.4) is 0 Å². The van der Waals surface area contributed by atoms with Crippen LogP contribution < -0.4 is 0 Å². The van der Waals surface area contributed by atoms with Gasteiger partial charge in [0.05, 0.1) is 23.3 Å². The van der Waals surface area contributed by atoms with Gasteiger partial charge in [-0.05, 0) is 36.2 Å². The molecule has 0 saturated heterocycles. The first-order valence-corrected chi connectivity index (χ1v) is 12.7. The van der Waals surface area contributed by atoms with Crippen molar-refractivity contribution in [1.82, 2.24) is 19.9 Å². The third-order valence-corrected chi connectivity index (χ3v) is 7.33. The van der Waals surface area contributed by atoms with Crippen LogP contribution in [0.2, 0.25) is 0 Å². The van der Waals surface area contributed by atoms with Crippen molar-refractivity contribution in [2.75, 3.05) is 25.4 Å². The molecular formula is C25H28N4OS2. The van der Waals surface area contributed by atoms with E-state index < -0.39 is 0 Å². The first-order valence-electron chi connectivity index (χ1n) is 10.7. The zero-order chi connectivity index (χ0) is 22.2. The number of nitrogens with zero attached hydrogens (tertiary/aromatic N) is 3. The third kappa shape index (κ3) is 6.13. The van der Waals surface area contributed by atoms with Gasteiger partial charge in [0.25, 0.3) is 0 Å². The van der Waals surface area contributed by atoms with Crippen molar-refractivity contribution in [3.05, 3.63) is 83.7 Å². The molecule has 0 aliphatic heterocycles. The molecule has 4 rings (SSSR count). The molecule has 2 N–H and O–H groups in total. The number of aliphatic hydroxyl groups is 1. The van der Waals surface area contributed by atoms with Crippen molar-refractivity contribution in [2.24, 2.45) is 0 Å². The molecule has 0 atom stereocenters. The number of hydrogen-bond donors (Lipinski definition) is 2. The lowest BCUT2D eigenvalue weighted by Crippen LogP contribution is -2.28. The molecule has 0 saturated carbocycles. The Morgan fingerprint density at radius 2 is 1.78 bits per heavy atom. The van der Waals surface area contributed by atoms with Crippen LogP contribution >= 0.6 is 23.5 Å². The molecule has 0 aliphatic carbocycles. The number of H-pyrrole nitrogens is 1. The summed E-state index contributed by atoms with van der Waals surface area (Å²) in [6, 6.07) is 20.6. The summed E-state index contributed by atoms with van der Waals surface area (Å²) >= 11 is 3.54. The minimum atomic E-state index is 0.176. The molecule has 0 amide bonds. The minimum absolute atomic E-state index is 0.176. The predicted octanol–water partition coefficient (Wildman–Crippen LogP) is 5.15. The van der Waals surface area contributed by atoms with E-state index in [1.165, 1.54) is 16.0 Å². The number of benzene rings is 2. The summed E-state index contributed by atoms with van der Waals surface area (Å²) in [6.07, 6.45) is 1.90. The quantitative estimate of drug-likeness (QED) is 0.300. The molecule has 5 nitrogen and oxygen atoms in total. The van der Waals surface area contributed by atoms with Crippen LogP contribution in [0.25, 0.3) is 11.0 Å². The molecule has 166 valence electrons. The lowest BCUT2D eigenvalue weighted by atomic mass is 10.2. The molecule has 0 radical (unpaired) electrons. The average molecular weight is 465 g/mol. The highest BCUT2D eigenvalue weighted by atomic mass is 32.2. The molecule has 7 heteroatoms. The molecule has 0 aliphatic rings. The molecule has 0 fully saturated rings. The lowest BCUT2D eigenvalue weighted by Gasteiger charge is -2.21. The highest BCUT2D eigenvalue weighted by molar-refractivity contribution is 7.99. The fourth-order valence-corrected chi connectivity index (χ4v) is 5.50. The zero-order valence-electron chi connectivity index (χ0n) is 18.2. The normalized spacial score (nSPS) is 11.5. The van der Waals surface area contributed by atoms with E-state index in [0.29, 0.717) is 6.54 Å². The molecule has 0 unspecified atom stereocenters. The monoisotopic (exact) mass is 464 g/mol. The number of imidazole rings is 1. The maximum absolute atomic E-state index is 9.44. The van der Waals surface area contributed by atoms with Gasteiger partial charge in [-0.2, -0.15) is 0 Å². The van der Waals surface area contributed by atoms with Gasteiger partial charge >= 0.3 is 0 Å². The lowest BCUT2D eigenvalue weighted by molar-refractivity contribution is 0.198. The van der Waals surface area contributed by atoms with Crippen molar-refractivity contribution >= 4 is 34.6 Å². The van der Waals surface area contributed by atoms with Crippen LogP contribution in [-0.4, -0.2) is 50.4 Å². The number of aromatic nitrogens is 3. The molecule has 2 heterocycles. The van der Waals surface area contributed by atoms with Crippen LogP contribution in [0.15, 0.2) is 76.9 Å². The second-order valence-electron chi connectivity index (χ2n) is 7.56. The van der Waals surface area contributed by atoms with E-state index in [4.69, 9.17) is 0 Å². The number of nitrogens with one attached hydrogen (secondary N) is 1. The Morgan fingerprint density at radius 1 is 0.969 bits per heavy atom. The van der Waals surface area contributed by atoms with Gasteiger partial charge in [0.2, 0.25) is 0 Å².